The Hall–Kier alpha value is -4.84. The SMILES string of the molecule is CC(=NNC(=O)c1ccc(NS(=O)(=O)c2cccc([N+](=O)[O-])c2)cc1)c1ccc(-n2ccnc2)cc1. The quantitative estimate of drug-likeness (QED) is 0.212. The summed E-state index contributed by atoms with van der Waals surface area (Å²) in [6.07, 6.45) is 5.22. The molecule has 0 fully saturated rings. The van der Waals surface area contributed by atoms with E-state index in [1.165, 1.54) is 42.5 Å². The monoisotopic (exact) mass is 504 g/mol. The molecule has 0 atom stereocenters. The van der Waals surface area contributed by atoms with Gasteiger partial charge in [-0.1, -0.05) is 18.2 Å². The van der Waals surface area contributed by atoms with Crippen molar-refractivity contribution >= 4 is 33.0 Å². The third-order valence-electron chi connectivity index (χ3n) is 5.15. The van der Waals surface area contributed by atoms with Crippen LogP contribution < -0.4 is 10.1 Å². The van der Waals surface area contributed by atoms with Gasteiger partial charge in [-0.2, -0.15) is 5.10 Å². The number of amides is 1. The first-order chi connectivity index (χ1) is 17.2. The second-order valence-corrected chi connectivity index (χ2v) is 9.27. The minimum atomic E-state index is -4.05. The number of rotatable bonds is 8. The fourth-order valence-electron chi connectivity index (χ4n) is 3.22. The van der Waals surface area contributed by atoms with Gasteiger partial charge in [-0.25, -0.2) is 18.8 Å². The van der Waals surface area contributed by atoms with Gasteiger partial charge in [0, 0.05) is 41.5 Å². The Labute approximate surface area is 206 Å². The van der Waals surface area contributed by atoms with Gasteiger partial charge in [-0.05, 0) is 55.0 Å². The minimum Gasteiger partial charge on any atom is -0.306 e. The van der Waals surface area contributed by atoms with Gasteiger partial charge in [0.25, 0.3) is 21.6 Å². The van der Waals surface area contributed by atoms with Gasteiger partial charge >= 0.3 is 0 Å². The van der Waals surface area contributed by atoms with E-state index in [1.807, 2.05) is 35.0 Å². The number of nitrogens with one attached hydrogen (secondary N) is 2. The number of nitro groups is 1. The van der Waals surface area contributed by atoms with Gasteiger partial charge in [-0.3, -0.25) is 19.6 Å². The number of non-ortho nitro benzene ring substituents is 1. The van der Waals surface area contributed by atoms with Crippen LogP contribution in [-0.2, 0) is 10.0 Å². The molecule has 4 aromatic rings. The molecule has 0 aliphatic carbocycles. The van der Waals surface area contributed by atoms with E-state index < -0.39 is 20.9 Å². The van der Waals surface area contributed by atoms with Crippen molar-refractivity contribution in [3.8, 4) is 5.69 Å². The number of hydrogen-bond acceptors (Lipinski definition) is 7. The number of hydrogen-bond donors (Lipinski definition) is 2. The van der Waals surface area contributed by atoms with Crippen LogP contribution in [0.25, 0.3) is 5.69 Å². The predicted octanol–water partition coefficient (Wildman–Crippen LogP) is 3.74. The van der Waals surface area contributed by atoms with E-state index >= 15 is 0 Å². The molecule has 1 aromatic heterocycles. The van der Waals surface area contributed by atoms with Crippen molar-refractivity contribution < 1.29 is 18.1 Å². The minimum absolute atomic E-state index is 0.190. The molecule has 4 rings (SSSR count). The van der Waals surface area contributed by atoms with Crippen LogP contribution >= 0.6 is 0 Å². The molecule has 182 valence electrons. The van der Waals surface area contributed by atoms with Crippen molar-refractivity contribution in [2.75, 3.05) is 4.72 Å². The first-order valence-electron chi connectivity index (χ1n) is 10.5. The second-order valence-electron chi connectivity index (χ2n) is 7.59. The normalized spacial score (nSPS) is 11.6. The van der Waals surface area contributed by atoms with Crippen molar-refractivity contribution in [2.24, 2.45) is 5.10 Å². The van der Waals surface area contributed by atoms with Crippen molar-refractivity contribution in [1.29, 1.82) is 0 Å². The van der Waals surface area contributed by atoms with E-state index in [1.54, 1.807) is 19.4 Å². The highest BCUT2D eigenvalue weighted by Gasteiger charge is 2.18. The summed E-state index contributed by atoms with van der Waals surface area (Å²) in [5.41, 5.74) is 4.96. The number of carbonyl (C=O) groups excluding carboxylic acids is 1. The fourth-order valence-corrected chi connectivity index (χ4v) is 4.32. The summed E-state index contributed by atoms with van der Waals surface area (Å²) in [4.78, 5) is 26.5. The number of imidazole rings is 1. The van der Waals surface area contributed by atoms with Gasteiger partial charge < -0.3 is 4.57 Å². The van der Waals surface area contributed by atoms with E-state index in [9.17, 15) is 23.3 Å². The second kappa shape index (κ2) is 10.2. The topological polar surface area (TPSA) is 149 Å². The lowest BCUT2D eigenvalue weighted by atomic mass is 10.1. The molecular formula is C24H20N6O5S. The Balaban J connectivity index is 1.40. The molecule has 2 N–H and O–H groups in total. The number of nitrogens with zero attached hydrogens (tertiary/aromatic N) is 4. The third-order valence-corrected chi connectivity index (χ3v) is 6.53. The summed E-state index contributed by atoms with van der Waals surface area (Å²) >= 11 is 0. The standard InChI is InChI=1S/C24H20N6O5S/c1-17(18-7-11-21(12-8-18)29-14-13-25-16-29)26-27-24(31)19-5-9-20(10-6-19)28-36(34,35)23-4-2-3-22(15-23)30(32)33/h2-16,28H,1H3,(H,27,31). The Kier molecular flexibility index (Phi) is 6.88. The van der Waals surface area contributed by atoms with Crippen molar-refractivity contribution in [3.05, 3.63) is 113 Å². The zero-order valence-electron chi connectivity index (χ0n) is 18.9. The maximum atomic E-state index is 12.6. The molecule has 0 aliphatic heterocycles. The van der Waals surface area contributed by atoms with Gasteiger partial charge in [0.05, 0.1) is 21.9 Å². The summed E-state index contributed by atoms with van der Waals surface area (Å²) in [6.45, 7) is 1.76. The summed E-state index contributed by atoms with van der Waals surface area (Å²) in [6, 6.07) is 18.0. The molecule has 0 unspecified atom stereocenters. The molecule has 0 radical (unpaired) electrons. The molecule has 12 heteroatoms. The summed E-state index contributed by atoms with van der Waals surface area (Å²) < 4.78 is 29.3. The molecule has 0 saturated heterocycles. The van der Waals surface area contributed by atoms with Crippen molar-refractivity contribution in [3.63, 3.8) is 0 Å². The van der Waals surface area contributed by atoms with E-state index in [4.69, 9.17) is 0 Å². The van der Waals surface area contributed by atoms with Crippen LogP contribution in [0.5, 0.6) is 0 Å². The van der Waals surface area contributed by atoms with Crippen LogP contribution in [0.3, 0.4) is 0 Å². The predicted molar refractivity (Wildman–Crippen MR) is 134 cm³/mol. The van der Waals surface area contributed by atoms with Gasteiger partial charge in [0.1, 0.15) is 0 Å². The molecule has 0 saturated carbocycles. The highest BCUT2D eigenvalue weighted by molar-refractivity contribution is 7.92. The number of anilines is 1. The van der Waals surface area contributed by atoms with Gasteiger partial charge in [0.2, 0.25) is 0 Å². The van der Waals surface area contributed by atoms with Crippen LogP contribution in [-0.4, -0.2) is 34.5 Å². The average molecular weight is 505 g/mol. The van der Waals surface area contributed by atoms with Crippen LogP contribution in [0.2, 0.25) is 0 Å². The largest absolute Gasteiger partial charge is 0.306 e. The lowest BCUT2D eigenvalue weighted by molar-refractivity contribution is -0.385. The van der Waals surface area contributed by atoms with Gasteiger partial charge in [0.15, 0.2) is 0 Å². The lowest BCUT2D eigenvalue weighted by Gasteiger charge is -2.09. The number of benzene rings is 3. The number of hydrazone groups is 1. The summed E-state index contributed by atoms with van der Waals surface area (Å²) in [5.74, 6) is -0.475. The number of carbonyl (C=O) groups is 1. The van der Waals surface area contributed by atoms with Crippen LogP contribution in [0.4, 0.5) is 11.4 Å². The summed E-state index contributed by atoms with van der Waals surface area (Å²) in [7, 11) is -4.05. The van der Waals surface area contributed by atoms with Gasteiger partial charge in [-0.15, -0.1) is 0 Å². The summed E-state index contributed by atoms with van der Waals surface area (Å²) in [5, 5.41) is 15.1. The molecule has 11 nitrogen and oxygen atoms in total. The molecule has 3 aromatic carbocycles. The first-order valence-corrected chi connectivity index (χ1v) is 12.0. The zero-order chi connectivity index (χ0) is 25.7. The fraction of sp³-hybridized carbons (Fsp3) is 0.0417. The molecular weight excluding hydrogens is 484 g/mol. The Morgan fingerprint density at radius 1 is 1.03 bits per heavy atom. The van der Waals surface area contributed by atoms with E-state index in [0.717, 1.165) is 17.3 Å². The zero-order valence-corrected chi connectivity index (χ0v) is 19.7. The average Bonchev–Trinajstić information content (AvgIpc) is 3.42. The number of aromatic nitrogens is 2. The maximum absolute atomic E-state index is 12.6. The highest BCUT2D eigenvalue weighted by atomic mass is 32.2. The number of nitro benzene ring substituents is 1. The first kappa shape index (κ1) is 24.3. The van der Waals surface area contributed by atoms with Crippen molar-refractivity contribution in [2.45, 2.75) is 11.8 Å². The molecule has 36 heavy (non-hydrogen) atoms. The van der Waals surface area contributed by atoms with Crippen molar-refractivity contribution in [1.82, 2.24) is 15.0 Å². The molecule has 0 aliphatic rings. The Morgan fingerprint density at radius 2 is 1.72 bits per heavy atom. The molecule has 0 bridgehead atoms. The Bertz CT molecular complexity index is 1530. The van der Waals surface area contributed by atoms with E-state index in [0.29, 0.717) is 5.71 Å². The smallest absolute Gasteiger partial charge is 0.271 e. The molecule has 1 heterocycles. The van der Waals surface area contributed by atoms with Crippen LogP contribution in [0, 0.1) is 10.1 Å². The molecule has 0 spiro atoms. The van der Waals surface area contributed by atoms with Crippen LogP contribution in [0.15, 0.2) is 102 Å². The highest BCUT2D eigenvalue weighted by Crippen LogP contribution is 2.21. The third kappa shape index (κ3) is 5.62. The number of sulfonamides is 1. The van der Waals surface area contributed by atoms with E-state index in [2.05, 4.69) is 20.2 Å². The van der Waals surface area contributed by atoms with E-state index in [-0.39, 0.29) is 21.8 Å². The lowest BCUT2D eigenvalue weighted by Crippen LogP contribution is -2.19. The maximum Gasteiger partial charge on any atom is 0.271 e. The Morgan fingerprint density at radius 3 is 2.36 bits per heavy atom. The van der Waals surface area contributed by atoms with Crippen LogP contribution in [0.1, 0.15) is 22.8 Å². The molecule has 1 amide bonds.